The van der Waals surface area contributed by atoms with Gasteiger partial charge in [-0.2, -0.15) is 0 Å². The van der Waals surface area contributed by atoms with Gasteiger partial charge < -0.3 is 0 Å². The van der Waals surface area contributed by atoms with Gasteiger partial charge in [-0.3, -0.25) is 4.79 Å². The van der Waals surface area contributed by atoms with Crippen LogP contribution in [-0.4, -0.2) is 5.78 Å². The maximum absolute atomic E-state index is 11.8. The van der Waals surface area contributed by atoms with E-state index in [-0.39, 0.29) is 0 Å². The summed E-state index contributed by atoms with van der Waals surface area (Å²) in [5, 5.41) is 5.05. The Morgan fingerprint density at radius 3 is 2.53 bits per heavy atom. The average Bonchev–Trinajstić information content (AvgIpc) is 2.46. The summed E-state index contributed by atoms with van der Waals surface area (Å²) in [7, 11) is 0. The number of carbonyl (C=O) groups is 1. The molecular formula is C18H14O. The highest BCUT2D eigenvalue weighted by molar-refractivity contribution is 6.10. The number of aryl methyl sites for hydroxylation is 1. The van der Waals surface area contributed by atoms with Gasteiger partial charge in [0.05, 0.1) is 0 Å². The third kappa shape index (κ3) is 1.58. The van der Waals surface area contributed by atoms with Crippen LogP contribution in [0.1, 0.15) is 17.5 Å². The second-order valence-corrected chi connectivity index (χ2v) is 5.30. The number of fused-ring (bicyclic) bond motifs is 5. The Hall–Kier alpha value is -2.15. The fraction of sp³-hybridized carbons (Fsp3) is 0.167. The molecule has 0 unspecified atom stereocenters. The van der Waals surface area contributed by atoms with Crippen molar-refractivity contribution in [2.24, 2.45) is 0 Å². The van der Waals surface area contributed by atoms with Crippen LogP contribution < -0.4 is 0 Å². The normalized spacial score (nSPS) is 14.8. The van der Waals surface area contributed by atoms with Crippen molar-refractivity contribution in [2.75, 3.05) is 0 Å². The minimum atomic E-state index is 0.368. The van der Waals surface area contributed by atoms with E-state index in [1.54, 1.807) is 0 Å². The number of hydrogen-bond donors (Lipinski definition) is 0. The monoisotopic (exact) mass is 246 g/mol. The van der Waals surface area contributed by atoms with E-state index >= 15 is 0 Å². The van der Waals surface area contributed by atoms with Gasteiger partial charge in [-0.15, -0.1) is 0 Å². The molecule has 1 heteroatoms. The molecule has 3 aromatic rings. The molecule has 0 aromatic heterocycles. The van der Waals surface area contributed by atoms with Crippen molar-refractivity contribution in [3.63, 3.8) is 0 Å². The Labute approximate surface area is 111 Å². The predicted octanol–water partition coefficient (Wildman–Crippen LogP) is 4.05. The van der Waals surface area contributed by atoms with Crippen LogP contribution in [0.25, 0.3) is 21.5 Å². The molecular weight excluding hydrogens is 232 g/mol. The minimum Gasteiger partial charge on any atom is -0.299 e. The van der Waals surface area contributed by atoms with Gasteiger partial charge in [0.15, 0.2) is 0 Å². The second-order valence-electron chi connectivity index (χ2n) is 5.30. The van der Waals surface area contributed by atoms with E-state index in [1.807, 2.05) is 0 Å². The number of rotatable bonds is 0. The number of hydrogen-bond acceptors (Lipinski definition) is 1. The molecule has 1 nitrogen and oxygen atoms in total. The van der Waals surface area contributed by atoms with E-state index in [0.717, 1.165) is 6.42 Å². The van der Waals surface area contributed by atoms with Gasteiger partial charge >= 0.3 is 0 Å². The first-order chi connectivity index (χ1) is 9.33. The Morgan fingerprint density at radius 2 is 1.58 bits per heavy atom. The highest BCUT2D eigenvalue weighted by atomic mass is 16.1. The summed E-state index contributed by atoms with van der Waals surface area (Å²) in [5.74, 6) is 0.368. The largest absolute Gasteiger partial charge is 0.299 e. The number of carbonyl (C=O) groups excluding carboxylic acids is 1. The Balaban J connectivity index is 2.19. The summed E-state index contributed by atoms with van der Waals surface area (Å²) in [6.07, 6.45) is 2.19. The van der Waals surface area contributed by atoms with Crippen LogP contribution in [0.5, 0.6) is 0 Å². The fourth-order valence-electron chi connectivity index (χ4n) is 3.21. The SMILES string of the molecule is O=C1CCc2ccc3ccc4ccccc4c3c2C1. The van der Waals surface area contributed by atoms with Crippen molar-refractivity contribution < 1.29 is 4.79 Å². The van der Waals surface area contributed by atoms with Crippen LogP contribution in [0.15, 0.2) is 48.5 Å². The molecule has 0 amide bonds. The first-order valence-corrected chi connectivity index (χ1v) is 6.77. The average molecular weight is 246 g/mol. The van der Waals surface area contributed by atoms with E-state index in [4.69, 9.17) is 0 Å². The lowest BCUT2D eigenvalue weighted by Crippen LogP contribution is -2.13. The highest BCUT2D eigenvalue weighted by Crippen LogP contribution is 2.33. The number of ketones is 1. The van der Waals surface area contributed by atoms with Gasteiger partial charge in [-0.25, -0.2) is 0 Å². The summed E-state index contributed by atoms with van der Waals surface area (Å²) >= 11 is 0. The third-order valence-corrected chi connectivity index (χ3v) is 4.16. The zero-order valence-corrected chi connectivity index (χ0v) is 10.6. The molecule has 0 aliphatic heterocycles. The standard InChI is InChI=1S/C18H14O/c19-15-10-9-13-6-8-14-7-5-12-3-1-2-4-16(12)18(14)17(13)11-15/h1-8H,9-11H2. The quantitative estimate of drug-likeness (QED) is 0.547. The first kappa shape index (κ1) is 10.7. The smallest absolute Gasteiger partial charge is 0.137 e. The second kappa shape index (κ2) is 3.92. The third-order valence-electron chi connectivity index (χ3n) is 4.16. The van der Waals surface area contributed by atoms with E-state index in [2.05, 4.69) is 48.5 Å². The summed E-state index contributed by atoms with van der Waals surface area (Å²) in [6.45, 7) is 0. The number of benzene rings is 3. The van der Waals surface area contributed by atoms with Gasteiger partial charge in [-0.1, -0.05) is 48.5 Å². The molecule has 1 aliphatic carbocycles. The summed E-state index contributed by atoms with van der Waals surface area (Å²) in [6, 6.07) is 17.2. The van der Waals surface area contributed by atoms with E-state index < -0.39 is 0 Å². The van der Waals surface area contributed by atoms with Crippen molar-refractivity contribution >= 4 is 27.3 Å². The lowest BCUT2D eigenvalue weighted by molar-refractivity contribution is -0.118. The van der Waals surface area contributed by atoms with Crippen molar-refractivity contribution in [1.29, 1.82) is 0 Å². The minimum absolute atomic E-state index is 0.368. The molecule has 0 saturated carbocycles. The van der Waals surface area contributed by atoms with E-state index in [9.17, 15) is 4.79 Å². The summed E-state index contributed by atoms with van der Waals surface area (Å²) < 4.78 is 0. The van der Waals surface area contributed by atoms with Crippen molar-refractivity contribution in [2.45, 2.75) is 19.3 Å². The maximum atomic E-state index is 11.8. The van der Waals surface area contributed by atoms with E-state index in [0.29, 0.717) is 18.6 Å². The van der Waals surface area contributed by atoms with Gasteiger partial charge in [0.2, 0.25) is 0 Å². The molecule has 92 valence electrons. The van der Waals surface area contributed by atoms with Crippen LogP contribution in [0, 0.1) is 0 Å². The lowest BCUT2D eigenvalue weighted by atomic mass is 9.85. The zero-order valence-electron chi connectivity index (χ0n) is 10.6. The van der Waals surface area contributed by atoms with Crippen LogP contribution in [-0.2, 0) is 17.6 Å². The van der Waals surface area contributed by atoms with Gasteiger partial charge in [0.25, 0.3) is 0 Å². The van der Waals surface area contributed by atoms with Gasteiger partial charge in [-0.05, 0) is 39.1 Å². The maximum Gasteiger partial charge on any atom is 0.137 e. The predicted molar refractivity (Wildman–Crippen MR) is 78.5 cm³/mol. The van der Waals surface area contributed by atoms with Gasteiger partial charge in [0, 0.05) is 12.8 Å². The molecule has 0 atom stereocenters. The van der Waals surface area contributed by atoms with Crippen molar-refractivity contribution in [3.05, 3.63) is 59.7 Å². The molecule has 0 heterocycles. The summed E-state index contributed by atoms with van der Waals surface area (Å²) in [5.41, 5.74) is 2.61. The molecule has 19 heavy (non-hydrogen) atoms. The van der Waals surface area contributed by atoms with Crippen molar-refractivity contribution in [3.8, 4) is 0 Å². The fourth-order valence-corrected chi connectivity index (χ4v) is 3.21. The van der Waals surface area contributed by atoms with E-state index in [1.165, 1.54) is 32.7 Å². The zero-order chi connectivity index (χ0) is 12.8. The highest BCUT2D eigenvalue weighted by Gasteiger charge is 2.18. The van der Waals surface area contributed by atoms with Gasteiger partial charge in [0.1, 0.15) is 5.78 Å². The van der Waals surface area contributed by atoms with Crippen LogP contribution in [0.3, 0.4) is 0 Å². The first-order valence-electron chi connectivity index (χ1n) is 6.77. The molecule has 4 rings (SSSR count). The number of Topliss-reactive ketones (excluding diaryl/α,β-unsaturated/α-hetero) is 1. The van der Waals surface area contributed by atoms with Crippen LogP contribution >= 0.6 is 0 Å². The molecule has 0 fully saturated rings. The topological polar surface area (TPSA) is 17.1 Å². The molecule has 0 radical (unpaired) electrons. The Morgan fingerprint density at radius 1 is 0.789 bits per heavy atom. The lowest BCUT2D eigenvalue weighted by Gasteiger charge is -2.18. The molecule has 3 aromatic carbocycles. The summed E-state index contributed by atoms with van der Waals surface area (Å²) in [4.78, 5) is 11.8. The van der Waals surface area contributed by atoms with Crippen LogP contribution in [0.4, 0.5) is 0 Å². The molecule has 0 N–H and O–H groups in total. The Bertz CT molecular complexity index is 814. The molecule has 0 saturated heterocycles. The molecule has 0 spiro atoms. The Kier molecular flexibility index (Phi) is 2.22. The van der Waals surface area contributed by atoms with Crippen LogP contribution in [0.2, 0.25) is 0 Å². The van der Waals surface area contributed by atoms with Crippen molar-refractivity contribution in [1.82, 2.24) is 0 Å². The molecule has 0 bridgehead atoms. The molecule has 1 aliphatic rings.